The molecule has 2 heterocycles. The summed E-state index contributed by atoms with van der Waals surface area (Å²) in [5.74, 6) is 0.731. The van der Waals surface area contributed by atoms with Crippen molar-refractivity contribution < 1.29 is 22.7 Å². The molecule has 2 aliphatic rings. The number of hydrogen-bond donors (Lipinski definition) is 2. The molecule has 0 spiro atoms. The molecule has 1 aromatic heterocycles. The zero-order valence-electron chi connectivity index (χ0n) is 17.0. The highest BCUT2D eigenvalue weighted by molar-refractivity contribution is 7.89. The van der Waals surface area contributed by atoms with Gasteiger partial charge in [-0.25, -0.2) is 13.1 Å². The molecule has 0 saturated heterocycles. The summed E-state index contributed by atoms with van der Waals surface area (Å²) in [5, 5.41) is 11.1. The van der Waals surface area contributed by atoms with Crippen LogP contribution in [-0.4, -0.2) is 31.3 Å². The summed E-state index contributed by atoms with van der Waals surface area (Å²) in [6.07, 6.45) is 4.10. The van der Waals surface area contributed by atoms with Crippen LogP contribution >= 0.6 is 11.3 Å². The number of anilines is 1. The SMILES string of the molecule is O=C(Nc1ccc2c(c1)OCO2)c1nnc(CNS(=O)(=O)c2ccc3c(c2)CCCC3)s1. The van der Waals surface area contributed by atoms with E-state index in [-0.39, 0.29) is 23.2 Å². The van der Waals surface area contributed by atoms with E-state index in [0.717, 1.165) is 42.6 Å². The molecule has 0 unspecified atom stereocenters. The van der Waals surface area contributed by atoms with Gasteiger partial charge in [-0.1, -0.05) is 17.4 Å². The lowest BCUT2D eigenvalue weighted by atomic mass is 9.92. The molecular formula is C21H20N4O5S2. The second-order valence-electron chi connectivity index (χ2n) is 7.49. The van der Waals surface area contributed by atoms with E-state index < -0.39 is 15.9 Å². The minimum absolute atomic E-state index is 0.0472. The number of amides is 1. The molecular weight excluding hydrogens is 452 g/mol. The second-order valence-corrected chi connectivity index (χ2v) is 10.3. The normalized spacial score (nSPS) is 14.8. The Balaban J connectivity index is 1.22. The quantitative estimate of drug-likeness (QED) is 0.566. The van der Waals surface area contributed by atoms with Crippen molar-refractivity contribution >= 4 is 33.0 Å². The van der Waals surface area contributed by atoms with E-state index in [1.54, 1.807) is 30.3 Å². The summed E-state index contributed by atoms with van der Waals surface area (Å²) < 4.78 is 38.5. The van der Waals surface area contributed by atoms with Crippen LogP contribution in [0.15, 0.2) is 41.3 Å². The average Bonchev–Trinajstić information content (AvgIpc) is 3.47. The Hall–Kier alpha value is -3.02. The molecule has 2 aromatic carbocycles. The predicted octanol–water partition coefficient (Wildman–Crippen LogP) is 2.88. The van der Waals surface area contributed by atoms with Crippen molar-refractivity contribution in [2.45, 2.75) is 37.1 Å². The van der Waals surface area contributed by atoms with Gasteiger partial charge in [-0.2, -0.15) is 0 Å². The Bertz CT molecular complexity index is 1290. The maximum atomic E-state index is 12.7. The lowest BCUT2D eigenvalue weighted by Gasteiger charge is -2.16. The molecule has 5 rings (SSSR count). The molecule has 3 aromatic rings. The third-order valence-corrected chi connectivity index (χ3v) is 7.66. The minimum atomic E-state index is -3.69. The number of sulfonamides is 1. The largest absolute Gasteiger partial charge is 0.454 e. The van der Waals surface area contributed by atoms with Gasteiger partial charge < -0.3 is 14.8 Å². The predicted molar refractivity (Wildman–Crippen MR) is 118 cm³/mol. The first-order chi connectivity index (χ1) is 15.5. The fourth-order valence-corrected chi connectivity index (χ4v) is 5.50. The number of aryl methyl sites for hydroxylation is 2. The zero-order chi connectivity index (χ0) is 22.1. The van der Waals surface area contributed by atoms with Gasteiger partial charge >= 0.3 is 0 Å². The number of hydrogen-bond acceptors (Lipinski definition) is 8. The molecule has 1 aliphatic carbocycles. The Labute approximate surface area is 188 Å². The summed E-state index contributed by atoms with van der Waals surface area (Å²) in [7, 11) is -3.69. The fourth-order valence-electron chi connectivity index (χ4n) is 3.69. The summed E-state index contributed by atoms with van der Waals surface area (Å²) in [6, 6.07) is 10.3. The molecule has 0 saturated carbocycles. The molecule has 0 fully saturated rings. The van der Waals surface area contributed by atoms with Crippen molar-refractivity contribution in [1.82, 2.24) is 14.9 Å². The molecule has 32 heavy (non-hydrogen) atoms. The average molecular weight is 473 g/mol. The molecule has 9 nitrogen and oxygen atoms in total. The van der Waals surface area contributed by atoms with E-state index in [1.165, 1.54) is 5.56 Å². The highest BCUT2D eigenvalue weighted by Crippen LogP contribution is 2.34. The molecule has 1 amide bonds. The molecule has 0 bridgehead atoms. The molecule has 166 valence electrons. The first-order valence-corrected chi connectivity index (χ1v) is 12.4. The van der Waals surface area contributed by atoms with Crippen molar-refractivity contribution in [2.75, 3.05) is 12.1 Å². The van der Waals surface area contributed by atoms with Crippen LogP contribution in [0.2, 0.25) is 0 Å². The molecule has 11 heteroatoms. The lowest BCUT2D eigenvalue weighted by molar-refractivity contribution is 0.102. The molecule has 2 N–H and O–H groups in total. The zero-order valence-corrected chi connectivity index (χ0v) is 18.6. The van der Waals surface area contributed by atoms with Gasteiger partial charge in [0.25, 0.3) is 5.91 Å². The van der Waals surface area contributed by atoms with Gasteiger partial charge in [-0.3, -0.25) is 4.79 Å². The number of aromatic nitrogens is 2. The van der Waals surface area contributed by atoms with Crippen molar-refractivity contribution in [3.05, 3.63) is 57.5 Å². The first-order valence-electron chi connectivity index (χ1n) is 10.1. The molecule has 1 aliphatic heterocycles. The van der Waals surface area contributed by atoms with Crippen molar-refractivity contribution in [3.63, 3.8) is 0 Å². The number of carbonyl (C=O) groups excluding carboxylic acids is 1. The highest BCUT2D eigenvalue weighted by Gasteiger charge is 2.20. The van der Waals surface area contributed by atoms with Gasteiger partial charge in [-0.15, -0.1) is 10.2 Å². The highest BCUT2D eigenvalue weighted by atomic mass is 32.2. The van der Waals surface area contributed by atoms with Gasteiger partial charge in [0.05, 0.1) is 11.4 Å². The Kier molecular flexibility index (Phi) is 5.53. The van der Waals surface area contributed by atoms with Gasteiger partial charge in [0.2, 0.25) is 21.8 Å². The summed E-state index contributed by atoms with van der Waals surface area (Å²) in [6.45, 7) is 0.0995. The maximum absolute atomic E-state index is 12.7. The van der Waals surface area contributed by atoms with Gasteiger partial charge in [0.15, 0.2) is 11.5 Å². The lowest BCUT2D eigenvalue weighted by Crippen LogP contribution is -2.23. The van der Waals surface area contributed by atoms with Crippen molar-refractivity contribution in [1.29, 1.82) is 0 Å². The van der Waals surface area contributed by atoms with E-state index in [4.69, 9.17) is 9.47 Å². The summed E-state index contributed by atoms with van der Waals surface area (Å²) >= 11 is 1.03. The number of nitrogens with zero attached hydrogens (tertiary/aromatic N) is 2. The van der Waals surface area contributed by atoms with Crippen LogP contribution in [0.4, 0.5) is 5.69 Å². The maximum Gasteiger partial charge on any atom is 0.286 e. The van der Waals surface area contributed by atoms with E-state index in [0.29, 0.717) is 22.2 Å². The summed E-state index contributed by atoms with van der Waals surface area (Å²) in [4.78, 5) is 12.7. The van der Waals surface area contributed by atoms with Crippen LogP contribution in [0, 0.1) is 0 Å². The Morgan fingerprint density at radius 2 is 1.81 bits per heavy atom. The number of nitrogens with one attached hydrogen (secondary N) is 2. The van der Waals surface area contributed by atoms with Crippen LogP contribution in [0.25, 0.3) is 0 Å². The van der Waals surface area contributed by atoms with Gasteiger partial charge in [-0.05, 0) is 61.1 Å². The van der Waals surface area contributed by atoms with Crippen LogP contribution < -0.4 is 19.5 Å². The minimum Gasteiger partial charge on any atom is -0.454 e. The monoisotopic (exact) mass is 472 g/mol. The van der Waals surface area contributed by atoms with Crippen LogP contribution in [-0.2, 0) is 29.4 Å². The number of ether oxygens (including phenoxy) is 2. The number of rotatable bonds is 6. The van der Waals surface area contributed by atoms with E-state index in [1.807, 2.05) is 6.07 Å². The van der Waals surface area contributed by atoms with E-state index >= 15 is 0 Å². The summed E-state index contributed by atoms with van der Waals surface area (Å²) in [5.41, 5.74) is 2.85. The van der Waals surface area contributed by atoms with E-state index in [2.05, 4.69) is 20.2 Å². The van der Waals surface area contributed by atoms with Crippen molar-refractivity contribution in [3.8, 4) is 11.5 Å². The van der Waals surface area contributed by atoms with Crippen LogP contribution in [0.3, 0.4) is 0 Å². The third kappa shape index (κ3) is 4.31. The number of benzene rings is 2. The first kappa shape index (κ1) is 20.9. The second kappa shape index (κ2) is 8.49. The Morgan fingerprint density at radius 1 is 1.00 bits per heavy atom. The third-order valence-electron chi connectivity index (χ3n) is 5.34. The van der Waals surface area contributed by atoms with Gasteiger partial charge in [0, 0.05) is 11.8 Å². The Morgan fingerprint density at radius 3 is 2.69 bits per heavy atom. The van der Waals surface area contributed by atoms with Crippen molar-refractivity contribution in [2.24, 2.45) is 0 Å². The number of carbonyl (C=O) groups is 1. The van der Waals surface area contributed by atoms with Gasteiger partial charge in [0.1, 0.15) is 5.01 Å². The molecule has 0 radical (unpaired) electrons. The number of fused-ring (bicyclic) bond motifs is 2. The van der Waals surface area contributed by atoms with E-state index in [9.17, 15) is 13.2 Å². The topological polar surface area (TPSA) is 120 Å². The van der Waals surface area contributed by atoms with Crippen LogP contribution in [0.5, 0.6) is 11.5 Å². The smallest absolute Gasteiger partial charge is 0.286 e. The standard InChI is InChI=1S/C21H20N4O5S2/c26-20(23-15-6-8-17-18(10-15)30-12-29-17)21-25-24-19(31-21)11-22-32(27,28)16-7-5-13-3-1-2-4-14(13)9-16/h5-10,22H,1-4,11-12H2,(H,23,26). The van der Waals surface area contributed by atoms with Crippen LogP contribution in [0.1, 0.15) is 38.8 Å². The fraction of sp³-hybridized carbons (Fsp3) is 0.286. The molecule has 0 atom stereocenters.